The highest BCUT2D eigenvalue weighted by Crippen LogP contribution is 2.38. The highest BCUT2D eigenvalue weighted by atomic mass is 19.4. The predicted molar refractivity (Wildman–Crippen MR) is 123 cm³/mol. The lowest BCUT2D eigenvalue weighted by Crippen LogP contribution is -2.64. The van der Waals surface area contributed by atoms with Crippen LogP contribution < -0.4 is 4.74 Å². The number of hydrogen-bond donors (Lipinski definition) is 2. The molecule has 2 saturated heterocycles. The second-order valence-corrected chi connectivity index (χ2v) is 8.92. The molecule has 1 atom stereocenters. The second kappa shape index (κ2) is 14.2. The Morgan fingerprint density at radius 3 is 2.12 bits per heavy atom. The molecule has 0 amide bonds. The number of rotatable bonds is 6. The summed E-state index contributed by atoms with van der Waals surface area (Å²) in [5.41, 5.74) is 1.28. The monoisotopic (exact) mass is 585 g/mol. The van der Waals surface area contributed by atoms with E-state index in [9.17, 15) is 30.7 Å². The number of halogens is 7. The van der Waals surface area contributed by atoms with Gasteiger partial charge in [0.1, 0.15) is 0 Å². The Balaban J connectivity index is 0.000000333. The Morgan fingerprint density at radius 2 is 1.60 bits per heavy atom. The zero-order chi connectivity index (χ0) is 30.0. The summed E-state index contributed by atoms with van der Waals surface area (Å²) in [5, 5.41) is 14.2. The van der Waals surface area contributed by atoms with Gasteiger partial charge in [-0.05, 0) is 55.0 Å². The molecule has 0 aliphatic carbocycles. The van der Waals surface area contributed by atoms with E-state index in [2.05, 4.69) is 27.0 Å². The first-order valence-corrected chi connectivity index (χ1v) is 11.7. The third-order valence-corrected chi connectivity index (χ3v) is 5.75. The largest absolute Gasteiger partial charge is 0.490 e. The minimum absolute atomic E-state index is 0.00774. The molecule has 2 aliphatic rings. The summed E-state index contributed by atoms with van der Waals surface area (Å²) in [6.45, 7) is 4.19. The van der Waals surface area contributed by atoms with Crippen LogP contribution in [0.4, 0.5) is 30.7 Å². The van der Waals surface area contributed by atoms with E-state index in [4.69, 9.17) is 29.3 Å². The van der Waals surface area contributed by atoms with Gasteiger partial charge in [-0.25, -0.2) is 19.0 Å². The zero-order valence-corrected chi connectivity index (χ0v) is 20.8. The molecule has 0 saturated carbocycles. The Labute approximate surface area is 223 Å². The first kappa shape index (κ1) is 32.7. The number of nitrogens with zero attached hydrogens (tertiary/aromatic N) is 3. The Kier molecular flexibility index (Phi) is 11.6. The smallest absolute Gasteiger partial charge is 0.476 e. The van der Waals surface area contributed by atoms with E-state index >= 15 is 0 Å². The molecular formula is C24H26F7N3O6. The minimum atomic E-state index is -5.08. The topological polar surface area (TPSA) is 122 Å². The Bertz CT molecular complexity index is 1070. The Morgan fingerprint density at radius 1 is 1.02 bits per heavy atom. The Hall–Kier alpha value is -3.53. The molecule has 4 rings (SSSR count). The van der Waals surface area contributed by atoms with E-state index in [1.807, 2.05) is 12.4 Å². The van der Waals surface area contributed by atoms with Gasteiger partial charge in [-0.3, -0.25) is 9.88 Å². The summed E-state index contributed by atoms with van der Waals surface area (Å²) in [7, 11) is 0. The molecule has 9 nitrogen and oxygen atoms in total. The molecule has 2 N–H and O–H groups in total. The van der Waals surface area contributed by atoms with Crippen molar-refractivity contribution in [2.75, 3.05) is 26.3 Å². The molecule has 0 radical (unpaired) electrons. The molecule has 1 unspecified atom stereocenters. The van der Waals surface area contributed by atoms with Crippen molar-refractivity contribution in [2.24, 2.45) is 5.92 Å². The summed E-state index contributed by atoms with van der Waals surface area (Å²) in [6, 6.07) is 7.06. The van der Waals surface area contributed by atoms with Crippen molar-refractivity contribution in [3.63, 3.8) is 0 Å². The van der Waals surface area contributed by atoms with Crippen LogP contribution in [0.2, 0.25) is 0 Å². The fourth-order valence-electron chi connectivity index (χ4n) is 4.02. The minimum Gasteiger partial charge on any atom is -0.476 e. The van der Waals surface area contributed by atoms with Crippen LogP contribution in [0, 0.1) is 11.7 Å². The van der Waals surface area contributed by atoms with Crippen LogP contribution in [0.5, 0.6) is 5.88 Å². The fraction of sp³-hybridized carbons (Fsp3) is 0.500. The average molecular weight is 585 g/mol. The maximum absolute atomic E-state index is 13.5. The molecule has 2 aromatic rings. The maximum Gasteiger partial charge on any atom is 0.490 e. The van der Waals surface area contributed by atoms with Gasteiger partial charge in [-0.15, -0.1) is 0 Å². The maximum atomic E-state index is 13.5. The van der Waals surface area contributed by atoms with E-state index in [1.165, 1.54) is 11.6 Å². The van der Waals surface area contributed by atoms with Gasteiger partial charge >= 0.3 is 24.3 Å². The summed E-state index contributed by atoms with van der Waals surface area (Å²) in [4.78, 5) is 28.2. The van der Waals surface area contributed by atoms with E-state index in [0.717, 1.165) is 45.5 Å². The van der Waals surface area contributed by atoms with Crippen LogP contribution in [0.3, 0.4) is 0 Å². The molecule has 2 fully saturated rings. The van der Waals surface area contributed by atoms with Crippen molar-refractivity contribution in [1.29, 1.82) is 0 Å². The van der Waals surface area contributed by atoms with Crippen LogP contribution in [-0.2, 0) is 20.9 Å². The van der Waals surface area contributed by atoms with Crippen LogP contribution in [0.1, 0.15) is 24.8 Å². The number of carboxylic acid groups (broad SMARTS) is 2. The van der Waals surface area contributed by atoms with E-state index in [1.54, 1.807) is 12.3 Å². The number of ether oxygens (including phenoxy) is 2. The van der Waals surface area contributed by atoms with Crippen LogP contribution in [0.15, 0.2) is 42.9 Å². The van der Waals surface area contributed by atoms with Gasteiger partial charge in [-0.1, -0.05) is 0 Å². The first-order chi connectivity index (χ1) is 18.6. The number of aromatic nitrogens is 2. The van der Waals surface area contributed by atoms with Crippen molar-refractivity contribution in [1.82, 2.24) is 14.9 Å². The predicted octanol–water partition coefficient (Wildman–Crippen LogP) is 4.33. The van der Waals surface area contributed by atoms with Crippen LogP contribution in [-0.4, -0.2) is 81.3 Å². The van der Waals surface area contributed by atoms with E-state index in [0.29, 0.717) is 12.5 Å². The van der Waals surface area contributed by atoms with Gasteiger partial charge in [0.2, 0.25) is 5.88 Å². The average Bonchev–Trinajstić information content (AvgIpc) is 2.85. The summed E-state index contributed by atoms with van der Waals surface area (Å²) in [5.74, 6) is -5.26. The molecule has 40 heavy (non-hydrogen) atoms. The van der Waals surface area contributed by atoms with Crippen molar-refractivity contribution >= 4 is 11.9 Å². The highest BCUT2D eigenvalue weighted by molar-refractivity contribution is 5.73. The molecule has 1 spiro atoms. The zero-order valence-electron chi connectivity index (χ0n) is 20.8. The highest BCUT2D eigenvalue weighted by Gasteiger charge is 2.47. The standard InChI is InChI=1S/C20H24FN3O2.2C2HF3O2/c21-18-2-1-7-23-19(18)25-10-5-16-6-11-26-20(12-16)14-24(15-20)13-17-3-8-22-9-4-17;2*3-2(4,5)1(6)7/h1-4,7-9,16H,5-6,10-15H2;2*(H,6,7). The number of likely N-dealkylation sites (tertiary alicyclic amines) is 1. The fourth-order valence-corrected chi connectivity index (χ4v) is 4.02. The molecule has 0 aromatic carbocycles. The summed E-state index contributed by atoms with van der Waals surface area (Å²) in [6.07, 6.45) is -1.95. The van der Waals surface area contributed by atoms with Crippen molar-refractivity contribution in [3.8, 4) is 5.88 Å². The van der Waals surface area contributed by atoms with Gasteiger partial charge in [0.05, 0.1) is 12.2 Å². The molecule has 222 valence electrons. The van der Waals surface area contributed by atoms with E-state index in [-0.39, 0.29) is 11.5 Å². The number of hydrogen-bond acceptors (Lipinski definition) is 7. The van der Waals surface area contributed by atoms with Gasteiger partial charge in [0, 0.05) is 44.8 Å². The summed E-state index contributed by atoms with van der Waals surface area (Å²) < 4.78 is 88.7. The molecule has 0 bridgehead atoms. The van der Waals surface area contributed by atoms with Crippen LogP contribution in [0.25, 0.3) is 0 Å². The second-order valence-electron chi connectivity index (χ2n) is 8.92. The number of carbonyl (C=O) groups is 2. The van der Waals surface area contributed by atoms with Crippen molar-refractivity contribution in [3.05, 3.63) is 54.2 Å². The lowest BCUT2D eigenvalue weighted by Gasteiger charge is -2.53. The third-order valence-electron chi connectivity index (χ3n) is 5.75. The molecular weight excluding hydrogens is 559 g/mol. The first-order valence-electron chi connectivity index (χ1n) is 11.7. The number of carboxylic acids is 2. The molecule has 2 aliphatic heterocycles. The lowest BCUT2D eigenvalue weighted by molar-refractivity contribution is -0.193. The van der Waals surface area contributed by atoms with Crippen LogP contribution >= 0.6 is 0 Å². The van der Waals surface area contributed by atoms with Gasteiger partial charge < -0.3 is 19.7 Å². The number of alkyl halides is 6. The number of pyridine rings is 2. The van der Waals surface area contributed by atoms with Crippen molar-refractivity contribution < 1.29 is 60.0 Å². The molecule has 2 aromatic heterocycles. The van der Waals surface area contributed by atoms with E-state index < -0.39 is 30.1 Å². The molecule has 4 heterocycles. The lowest BCUT2D eigenvalue weighted by atomic mass is 9.79. The third kappa shape index (κ3) is 10.9. The van der Waals surface area contributed by atoms with Gasteiger partial charge in [0.15, 0.2) is 5.82 Å². The SMILES string of the molecule is Fc1cccnc1OCCC1CCOC2(C1)CN(Cc1ccncc1)C2.O=C(O)C(F)(F)F.O=C(O)C(F)(F)F. The van der Waals surface area contributed by atoms with Gasteiger partial charge in [0.25, 0.3) is 0 Å². The normalized spacial score (nSPS) is 18.3. The summed E-state index contributed by atoms with van der Waals surface area (Å²) >= 11 is 0. The van der Waals surface area contributed by atoms with Crippen molar-refractivity contribution in [2.45, 2.75) is 43.8 Å². The van der Waals surface area contributed by atoms with Gasteiger partial charge in [-0.2, -0.15) is 26.3 Å². The quantitative estimate of drug-likeness (QED) is 0.477. The number of aliphatic carboxylic acids is 2. The molecule has 16 heteroatoms.